The van der Waals surface area contributed by atoms with E-state index in [0.717, 1.165) is 5.57 Å². The molecule has 1 aliphatic carbocycles. The van der Waals surface area contributed by atoms with Crippen LogP contribution in [-0.2, 0) is 0 Å². The molecule has 0 bridgehead atoms. The Labute approximate surface area is 132 Å². The molecule has 0 saturated heterocycles. The lowest BCUT2D eigenvalue weighted by molar-refractivity contribution is 0.0822. The molecule has 0 atom stereocenters. The molecular formula is C18H16O5. The predicted molar refractivity (Wildman–Crippen MR) is 85.6 cm³/mol. The highest BCUT2D eigenvalue weighted by Crippen LogP contribution is 2.46. The summed E-state index contributed by atoms with van der Waals surface area (Å²) in [7, 11) is 0. The monoisotopic (exact) mass is 312 g/mol. The first-order valence-electron chi connectivity index (χ1n) is 7.20. The van der Waals surface area contributed by atoms with Crippen molar-refractivity contribution in [3.05, 3.63) is 40.5 Å². The third-order valence-corrected chi connectivity index (χ3v) is 3.91. The standard InChI is InChI=1S/C18H16O5/c1-8(2)4-5-23-12-7-11(20)15-16-13(12)9(3)6-10(19)14(16)17(21)18(15)22/h4,6-7,19-20H,5H2,1-3H3. The molecule has 2 N–H and O–H groups in total. The van der Waals surface area contributed by atoms with Gasteiger partial charge in [-0.05, 0) is 38.5 Å². The van der Waals surface area contributed by atoms with Crippen LogP contribution in [0.5, 0.6) is 17.2 Å². The fourth-order valence-electron chi connectivity index (χ4n) is 2.86. The Hall–Kier alpha value is -2.82. The SMILES string of the molecule is CC(C)=CCOc1cc(O)c2c3c(c(O)cc(C)c13)C(=O)C2=O. The van der Waals surface area contributed by atoms with Gasteiger partial charge >= 0.3 is 0 Å². The van der Waals surface area contributed by atoms with Crippen LogP contribution >= 0.6 is 0 Å². The van der Waals surface area contributed by atoms with Gasteiger partial charge in [0.15, 0.2) is 0 Å². The van der Waals surface area contributed by atoms with Crippen molar-refractivity contribution in [2.45, 2.75) is 20.8 Å². The number of rotatable bonds is 3. The fourth-order valence-corrected chi connectivity index (χ4v) is 2.86. The van der Waals surface area contributed by atoms with Crippen molar-refractivity contribution in [1.29, 1.82) is 0 Å². The Kier molecular flexibility index (Phi) is 3.36. The molecule has 0 saturated carbocycles. The number of aromatic hydroxyl groups is 2. The predicted octanol–water partition coefficient (Wildman–Crippen LogP) is 3.28. The van der Waals surface area contributed by atoms with Crippen molar-refractivity contribution in [3.63, 3.8) is 0 Å². The zero-order valence-electron chi connectivity index (χ0n) is 13.1. The zero-order valence-corrected chi connectivity index (χ0v) is 13.1. The van der Waals surface area contributed by atoms with Crippen LogP contribution in [0.25, 0.3) is 10.8 Å². The second-order valence-corrected chi connectivity index (χ2v) is 5.86. The fraction of sp³-hybridized carbons (Fsp3) is 0.222. The minimum atomic E-state index is -0.806. The van der Waals surface area contributed by atoms with Gasteiger partial charge < -0.3 is 14.9 Å². The van der Waals surface area contributed by atoms with Gasteiger partial charge in [-0.25, -0.2) is 0 Å². The number of hydrogen-bond acceptors (Lipinski definition) is 5. The van der Waals surface area contributed by atoms with E-state index in [4.69, 9.17) is 4.74 Å². The van der Waals surface area contributed by atoms with Crippen molar-refractivity contribution in [3.8, 4) is 17.2 Å². The van der Waals surface area contributed by atoms with Crippen molar-refractivity contribution >= 4 is 22.3 Å². The summed E-state index contributed by atoms with van der Waals surface area (Å²) in [5.41, 5.74) is 1.62. The number of benzene rings is 2. The van der Waals surface area contributed by atoms with Gasteiger partial charge in [-0.1, -0.05) is 5.57 Å². The van der Waals surface area contributed by atoms with Crippen LogP contribution in [0, 0.1) is 6.92 Å². The number of ketones is 2. The molecule has 5 nitrogen and oxygen atoms in total. The van der Waals surface area contributed by atoms with Gasteiger partial charge in [-0.15, -0.1) is 0 Å². The van der Waals surface area contributed by atoms with Crippen molar-refractivity contribution in [1.82, 2.24) is 0 Å². The molecule has 23 heavy (non-hydrogen) atoms. The Balaban J connectivity index is 2.32. The number of phenols is 2. The molecule has 2 aromatic rings. The van der Waals surface area contributed by atoms with Crippen LogP contribution in [0.2, 0.25) is 0 Å². The molecular weight excluding hydrogens is 296 g/mol. The van der Waals surface area contributed by atoms with E-state index in [-0.39, 0.29) is 28.0 Å². The molecule has 0 radical (unpaired) electrons. The lowest BCUT2D eigenvalue weighted by atomic mass is 9.98. The summed E-state index contributed by atoms with van der Waals surface area (Å²) in [4.78, 5) is 24.2. The second-order valence-electron chi connectivity index (χ2n) is 5.86. The number of aryl methyl sites for hydroxylation is 1. The number of hydrogen-bond donors (Lipinski definition) is 2. The van der Waals surface area contributed by atoms with Crippen LogP contribution < -0.4 is 4.74 Å². The lowest BCUT2D eigenvalue weighted by Gasteiger charge is -2.13. The number of Topliss-reactive ketones (excluding diaryl/α,β-unsaturated/α-hetero) is 2. The summed E-state index contributed by atoms with van der Waals surface area (Å²) in [6.07, 6.45) is 1.88. The summed E-state index contributed by atoms with van der Waals surface area (Å²) in [5, 5.41) is 21.0. The molecule has 3 rings (SSSR count). The van der Waals surface area contributed by atoms with E-state index < -0.39 is 11.6 Å². The summed E-state index contributed by atoms with van der Waals surface area (Å²) in [5.74, 6) is -1.81. The maximum atomic E-state index is 12.1. The van der Waals surface area contributed by atoms with E-state index in [1.807, 2.05) is 19.9 Å². The molecule has 0 aliphatic heterocycles. The molecule has 0 unspecified atom stereocenters. The van der Waals surface area contributed by atoms with E-state index >= 15 is 0 Å². The zero-order chi connectivity index (χ0) is 16.9. The summed E-state index contributed by atoms with van der Waals surface area (Å²) >= 11 is 0. The Bertz CT molecular complexity index is 881. The van der Waals surface area contributed by atoms with Crippen LogP contribution in [0.3, 0.4) is 0 Å². The molecule has 0 aromatic heterocycles. The average molecular weight is 312 g/mol. The van der Waals surface area contributed by atoms with Crippen LogP contribution in [0.4, 0.5) is 0 Å². The number of allylic oxidation sites excluding steroid dienone is 1. The molecule has 5 heteroatoms. The van der Waals surface area contributed by atoms with Gasteiger partial charge in [0.2, 0.25) is 11.6 Å². The van der Waals surface area contributed by atoms with Gasteiger partial charge in [-0.2, -0.15) is 0 Å². The minimum absolute atomic E-state index is 0.0615. The number of ether oxygens (including phenoxy) is 1. The smallest absolute Gasteiger partial charge is 0.238 e. The molecule has 118 valence electrons. The van der Waals surface area contributed by atoms with E-state index in [0.29, 0.717) is 23.3 Å². The molecule has 0 amide bonds. The van der Waals surface area contributed by atoms with E-state index in [1.54, 1.807) is 6.92 Å². The van der Waals surface area contributed by atoms with Gasteiger partial charge in [0.25, 0.3) is 0 Å². The Morgan fingerprint density at radius 3 is 2.17 bits per heavy atom. The largest absolute Gasteiger partial charge is 0.507 e. The average Bonchev–Trinajstić information content (AvgIpc) is 2.71. The van der Waals surface area contributed by atoms with E-state index in [1.165, 1.54) is 12.1 Å². The number of carbonyl (C=O) groups excluding carboxylic acids is 2. The first kappa shape index (κ1) is 15.1. The normalized spacial score (nSPS) is 12.8. The third-order valence-electron chi connectivity index (χ3n) is 3.91. The molecule has 0 fully saturated rings. The lowest BCUT2D eigenvalue weighted by Crippen LogP contribution is -2.06. The third kappa shape index (κ3) is 2.16. The first-order valence-corrected chi connectivity index (χ1v) is 7.20. The number of carbonyl (C=O) groups is 2. The molecule has 1 aliphatic rings. The number of phenolic OH excluding ortho intramolecular Hbond substituents is 2. The Morgan fingerprint density at radius 2 is 1.61 bits per heavy atom. The van der Waals surface area contributed by atoms with Gasteiger partial charge in [0, 0.05) is 16.8 Å². The highest BCUT2D eigenvalue weighted by atomic mass is 16.5. The first-order chi connectivity index (χ1) is 10.8. The molecule has 0 heterocycles. The van der Waals surface area contributed by atoms with Crippen molar-refractivity contribution in [2.24, 2.45) is 0 Å². The summed E-state index contributed by atoms with van der Waals surface area (Å²) in [6, 6.07) is 2.78. The Morgan fingerprint density at radius 1 is 1.04 bits per heavy atom. The second kappa shape index (κ2) is 5.12. The van der Waals surface area contributed by atoms with E-state index in [9.17, 15) is 19.8 Å². The maximum absolute atomic E-state index is 12.1. The van der Waals surface area contributed by atoms with Crippen molar-refractivity contribution in [2.75, 3.05) is 6.61 Å². The maximum Gasteiger partial charge on any atom is 0.238 e. The van der Waals surface area contributed by atoms with Gasteiger partial charge in [-0.3, -0.25) is 9.59 Å². The quantitative estimate of drug-likeness (QED) is 0.671. The van der Waals surface area contributed by atoms with Gasteiger partial charge in [0.05, 0.1) is 11.1 Å². The summed E-state index contributed by atoms with van der Waals surface area (Å²) < 4.78 is 5.70. The topological polar surface area (TPSA) is 83.8 Å². The summed E-state index contributed by atoms with van der Waals surface area (Å²) in [6.45, 7) is 5.93. The van der Waals surface area contributed by atoms with E-state index in [2.05, 4.69) is 0 Å². The van der Waals surface area contributed by atoms with Gasteiger partial charge in [0.1, 0.15) is 23.9 Å². The van der Waals surface area contributed by atoms with Crippen LogP contribution in [-0.4, -0.2) is 28.4 Å². The van der Waals surface area contributed by atoms with Crippen LogP contribution in [0.1, 0.15) is 40.1 Å². The molecule has 0 spiro atoms. The van der Waals surface area contributed by atoms with Crippen molar-refractivity contribution < 1.29 is 24.5 Å². The highest BCUT2D eigenvalue weighted by molar-refractivity contribution is 6.58. The highest BCUT2D eigenvalue weighted by Gasteiger charge is 2.37. The molecule has 2 aromatic carbocycles. The van der Waals surface area contributed by atoms with Crippen LogP contribution in [0.15, 0.2) is 23.8 Å². The minimum Gasteiger partial charge on any atom is -0.507 e.